The molecule has 0 spiro atoms. The van der Waals surface area contributed by atoms with Crippen molar-refractivity contribution in [3.05, 3.63) is 80.0 Å². The molecule has 0 N–H and O–H groups in total. The van der Waals surface area contributed by atoms with Crippen molar-refractivity contribution in [2.75, 3.05) is 0 Å². The molecule has 3 aromatic heterocycles. The number of ether oxygens (including phenoxy) is 2. The molecule has 0 aliphatic heterocycles. The fourth-order valence-electron chi connectivity index (χ4n) is 4.25. The first-order valence-electron chi connectivity index (χ1n) is 12.2. The van der Waals surface area contributed by atoms with Crippen LogP contribution in [0.2, 0.25) is 0 Å². The van der Waals surface area contributed by atoms with Crippen LogP contribution in [-0.2, 0) is 20.0 Å². The van der Waals surface area contributed by atoms with E-state index in [4.69, 9.17) is 9.47 Å². The third-order valence-corrected chi connectivity index (χ3v) is 6.63. The zero-order chi connectivity index (χ0) is 27.0. The molecular formula is C26H26BrFN6O4. The monoisotopic (exact) mass is 584 g/mol. The van der Waals surface area contributed by atoms with Gasteiger partial charge < -0.3 is 19.6 Å². The summed E-state index contributed by atoms with van der Waals surface area (Å²) in [6, 6.07) is 5.86. The predicted octanol–water partition coefficient (Wildman–Crippen LogP) is 5.78. The summed E-state index contributed by atoms with van der Waals surface area (Å²) in [6.45, 7) is 4.44. The standard InChI is InChI=1S/C26H26BrFN6O4/c1-4-33-14-17(26(31-33)38-20-6-7-20)9-16-13-32(3)30-24(16)21-8-5-19(28)11-22(21)15(2)37-23-10-18(27)12-29-25(23)34(35)36/h5,8,10-15,20H,4,6-7,9H2,1-3H3/t15-/m1/s1. The van der Waals surface area contributed by atoms with E-state index in [0.717, 1.165) is 24.0 Å². The predicted molar refractivity (Wildman–Crippen MR) is 141 cm³/mol. The third kappa shape index (κ3) is 5.54. The second-order valence-corrected chi connectivity index (χ2v) is 10.1. The van der Waals surface area contributed by atoms with Gasteiger partial charge in [-0.3, -0.25) is 9.36 Å². The molecule has 1 saturated carbocycles. The van der Waals surface area contributed by atoms with E-state index in [1.165, 1.54) is 24.4 Å². The first-order valence-corrected chi connectivity index (χ1v) is 13.0. The molecule has 3 heterocycles. The lowest BCUT2D eigenvalue weighted by atomic mass is 9.96. The smallest absolute Gasteiger partial charge is 0.406 e. The van der Waals surface area contributed by atoms with Gasteiger partial charge in [0.25, 0.3) is 0 Å². The highest BCUT2D eigenvalue weighted by Gasteiger charge is 2.28. The van der Waals surface area contributed by atoms with Crippen LogP contribution in [0.5, 0.6) is 11.6 Å². The van der Waals surface area contributed by atoms with Crippen LogP contribution in [0.15, 0.2) is 47.3 Å². The van der Waals surface area contributed by atoms with Gasteiger partial charge in [-0.25, -0.2) is 4.39 Å². The molecule has 0 amide bonds. The van der Waals surface area contributed by atoms with Crippen molar-refractivity contribution >= 4 is 21.7 Å². The Morgan fingerprint density at radius 3 is 2.74 bits per heavy atom. The minimum Gasteiger partial charge on any atom is -0.478 e. The number of hydrogen-bond acceptors (Lipinski definition) is 7. The number of nitrogens with zero attached hydrogens (tertiary/aromatic N) is 6. The second kappa shape index (κ2) is 10.5. The zero-order valence-electron chi connectivity index (χ0n) is 21.1. The van der Waals surface area contributed by atoms with Gasteiger partial charge >= 0.3 is 5.82 Å². The van der Waals surface area contributed by atoms with E-state index in [2.05, 4.69) is 31.1 Å². The van der Waals surface area contributed by atoms with Gasteiger partial charge in [0.1, 0.15) is 18.0 Å². The number of aryl methyl sites for hydroxylation is 2. The maximum atomic E-state index is 14.5. The summed E-state index contributed by atoms with van der Waals surface area (Å²) < 4.78 is 30.6. The topological polar surface area (TPSA) is 110 Å². The van der Waals surface area contributed by atoms with Crippen molar-refractivity contribution in [3.8, 4) is 22.9 Å². The minimum atomic E-state index is -0.748. The van der Waals surface area contributed by atoms with Gasteiger partial charge in [0.15, 0.2) is 6.20 Å². The SMILES string of the molecule is CCn1cc(Cc2cn(C)nc2-c2ccc(F)cc2[C@@H](C)Oc2cc(Br)cnc2[N+](=O)[O-])c(OC2CC2)n1. The normalized spacial score (nSPS) is 13.9. The van der Waals surface area contributed by atoms with Crippen LogP contribution < -0.4 is 9.47 Å². The fourth-order valence-corrected chi connectivity index (χ4v) is 4.56. The molecule has 10 nitrogen and oxygen atoms in total. The average Bonchev–Trinajstić information content (AvgIpc) is 3.50. The zero-order valence-corrected chi connectivity index (χ0v) is 22.7. The van der Waals surface area contributed by atoms with Crippen molar-refractivity contribution in [1.82, 2.24) is 24.5 Å². The summed E-state index contributed by atoms with van der Waals surface area (Å²) in [5.41, 5.74) is 3.66. The fraction of sp³-hybridized carbons (Fsp3) is 0.346. The molecule has 38 heavy (non-hydrogen) atoms. The number of halogens is 2. The van der Waals surface area contributed by atoms with Crippen LogP contribution in [0.1, 0.15) is 49.5 Å². The van der Waals surface area contributed by atoms with Crippen LogP contribution in [0.3, 0.4) is 0 Å². The summed E-state index contributed by atoms with van der Waals surface area (Å²) in [7, 11) is 1.82. The maximum Gasteiger partial charge on any atom is 0.406 e. The number of aromatic nitrogens is 5. The van der Waals surface area contributed by atoms with E-state index < -0.39 is 22.7 Å². The molecule has 1 aliphatic rings. The molecule has 0 bridgehead atoms. The Bertz CT molecular complexity index is 1500. The highest BCUT2D eigenvalue weighted by atomic mass is 79.9. The van der Waals surface area contributed by atoms with Crippen molar-refractivity contribution in [2.24, 2.45) is 7.05 Å². The Balaban J connectivity index is 1.51. The van der Waals surface area contributed by atoms with Crippen molar-refractivity contribution in [2.45, 2.75) is 51.9 Å². The molecule has 4 aromatic rings. The minimum absolute atomic E-state index is 0.0258. The quantitative estimate of drug-likeness (QED) is 0.171. The van der Waals surface area contributed by atoms with E-state index in [9.17, 15) is 14.5 Å². The largest absolute Gasteiger partial charge is 0.478 e. The Labute approximate surface area is 226 Å². The summed E-state index contributed by atoms with van der Waals surface area (Å²) in [5.74, 6) is -0.285. The second-order valence-electron chi connectivity index (χ2n) is 9.21. The van der Waals surface area contributed by atoms with E-state index in [1.807, 2.05) is 31.0 Å². The molecule has 1 atom stereocenters. The molecular weight excluding hydrogens is 559 g/mol. The van der Waals surface area contributed by atoms with Crippen LogP contribution >= 0.6 is 15.9 Å². The number of benzene rings is 1. The van der Waals surface area contributed by atoms with Gasteiger partial charge in [-0.1, -0.05) is 0 Å². The molecule has 0 unspecified atom stereocenters. The maximum absolute atomic E-state index is 14.5. The summed E-state index contributed by atoms with van der Waals surface area (Å²) in [5, 5.41) is 20.8. The van der Waals surface area contributed by atoms with E-state index in [0.29, 0.717) is 40.1 Å². The molecule has 0 saturated heterocycles. The van der Waals surface area contributed by atoms with Gasteiger partial charge in [-0.2, -0.15) is 5.10 Å². The molecule has 198 valence electrons. The number of hydrogen-bond donors (Lipinski definition) is 0. The number of nitro groups is 1. The summed E-state index contributed by atoms with van der Waals surface area (Å²) in [4.78, 5) is 14.7. The summed E-state index contributed by atoms with van der Waals surface area (Å²) in [6.07, 6.45) is 7.25. The van der Waals surface area contributed by atoms with E-state index in [1.54, 1.807) is 17.7 Å². The van der Waals surface area contributed by atoms with Gasteiger partial charge in [0, 0.05) is 60.7 Å². The van der Waals surface area contributed by atoms with Crippen LogP contribution in [0, 0.1) is 15.9 Å². The van der Waals surface area contributed by atoms with Gasteiger partial charge in [-0.15, -0.1) is 5.10 Å². The van der Waals surface area contributed by atoms with Gasteiger partial charge in [-0.05, 0) is 70.7 Å². The van der Waals surface area contributed by atoms with Gasteiger partial charge in [0.2, 0.25) is 11.6 Å². The third-order valence-electron chi connectivity index (χ3n) is 6.19. The summed E-state index contributed by atoms with van der Waals surface area (Å²) >= 11 is 3.27. The van der Waals surface area contributed by atoms with Crippen LogP contribution in [-0.4, -0.2) is 35.6 Å². The number of rotatable bonds is 10. The Morgan fingerprint density at radius 2 is 2.03 bits per heavy atom. The van der Waals surface area contributed by atoms with Crippen molar-refractivity contribution < 1.29 is 18.8 Å². The lowest BCUT2D eigenvalue weighted by molar-refractivity contribution is -0.390. The van der Waals surface area contributed by atoms with Crippen molar-refractivity contribution in [1.29, 1.82) is 0 Å². The lowest BCUT2D eigenvalue weighted by Gasteiger charge is -2.18. The van der Waals surface area contributed by atoms with Crippen LogP contribution in [0.4, 0.5) is 10.2 Å². The Kier molecular flexibility index (Phi) is 7.15. The highest BCUT2D eigenvalue weighted by Crippen LogP contribution is 2.37. The average molecular weight is 585 g/mol. The molecule has 1 aromatic carbocycles. The molecule has 0 radical (unpaired) electrons. The lowest BCUT2D eigenvalue weighted by Crippen LogP contribution is -2.08. The molecule has 1 fully saturated rings. The molecule has 1 aliphatic carbocycles. The van der Waals surface area contributed by atoms with Crippen molar-refractivity contribution in [3.63, 3.8) is 0 Å². The van der Waals surface area contributed by atoms with E-state index >= 15 is 0 Å². The number of pyridine rings is 1. The Morgan fingerprint density at radius 1 is 1.24 bits per heavy atom. The first-order chi connectivity index (χ1) is 18.2. The van der Waals surface area contributed by atoms with Crippen LogP contribution in [0.25, 0.3) is 11.3 Å². The molecule has 12 heteroatoms. The Hall–Kier alpha value is -3.80. The van der Waals surface area contributed by atoms with E-state index in [-0.39, 0.29) is 11.9 Å². The highest BCUT2D eigenvalue weighted by molar-refractivity contribution is 9.10. The molecule has 5 rings (SSSR count). The van der Waals surface area contributed by atoms with Gasteiger partial charge in [0.05, 0.1) is 10.2 Å². The first kappa shape index (κ1) is 25.8.